The van der Waals surface area contributed by atoms with E-state index in [2.05, 4.69) is 14.8 Å². The van der Waals surface area contributed by atoms with Crippen molar-refractivity contribution < 1.29 is 13.2 Å². The number of hydrogen-bond acceptors (Lipinski definition) is 7. The average molecular weight is 445 g/mol. The minimum Gasteiger partial charge on any atom is -0.378 e. The standard InChI is InChI=1S/C16H23ClN6O3S.C2H6/c1-27(24,25)22-4-2-20(3-5-22)12-13-10-15-18-14(17)11-16(23(15)19-13)21-6-8-26-9-7-21;1-2/h10-11H,2-9,12H2,1H3;1-2H3. The zero-order chi connectivity index (χ0) is 21.0. The van der Waals surface area contributed by atoms with E-state index in [1.165, 1.54) is 10.6 Å². The van der Waals surface area contributed by atoms with Crippen molar-refractivity contribution in [1.82, 2.24) is 23.8 Å². The molecule has 0 atom stereocenters. The van der Waals surface area contributed by atoms with Crippen LogP contribution in [-0.2, 0) is 21.3 Å². The summed E-state index contributed by atoms with van der Waals surface area (Å²) in [5, 5.41) is 5.17. The van der Waals surface area contributed by atoms with Crippen molar-refractivity contribution in [2.24, 2.45) is 0 Å². The molecule has 2 aliphatic heterocycles. The Labute approximate surface area is 177 Å². The molecule has 9 nitrogen and oxygen atoms in total. The smallest absolute Gasteiger partial charge is 0.211 e. The molecule has 162 valence electrons. The number of hydrogen-bond donors (Lipinski definition) is 0. The average Bonchev–Trinajstić information content (AvgIpc) is 3.11. The van der Waals surface area contributed by atoms with Crippen LogP contribution in [0.5, 0.6) is 0 Å². The number of sulfonamides is 1. The molecule has 2 aliphatic rings. The topological polar surface area (TPSA) is 83.3 Å². The maximum Gasteiger partial charge on any atom is 0.211 e. The Kier molecular flexibility index (Phi) is 7.33. The molecule has 0 spiro atoms. The molecular formula is C18H29ClN6O3S. The Morgan fingerprint density at radius 1 is 1.07 bits per heavy atom. The summed E-state index contributed by atoms with van der Waals surface area (Å²) in [5.41, 5.74) is 1.61. The van der Waals surface area contributed by atoms with Gasteiger partial charge < -0.3 is 9.64 Å². The van der Waals surface area contributed by atoms with E-state index >= 15 is 0 Å². The predicted molar refractivity (Wildman–Crippen MR) is 114 cm³/mol. The van der Waals surface area contributed by atoms with Crippen LogP contribution in [0, 0.1) is 0 Å². The number of piperazine rings is 1. The van der Waals surface area contributed by atoms with Crippen molar-refractivity contribution in [3.63, 3.8) is 0 Å². The predicted octanol–water partition coefficient (Wildman–Crippen LogP) is 1.32. The fraction of sp³-hybridized carbons (Fsp3) is 0.667. The van der Waals surface area contributed by atoms with E-state index in [0.29, 0.717) is 56.7 Å². The minimum atomic E-state index is -3.12. The van der Waals surface area contributed by atoms with Gasteiger partial charge in [-0.1, -0.05) is 25.4 Å². The van der Waals surface area contributed by atoms with Crippen LogP contribution in [0.4, 0.5) is 5.82 Å². The number of morpholine rings is 1. The van der Waals surface area contributed by atoms with Crippen LogP contribution >= 0.6 is 11.6 Å². The van der Waals surface area contributed by atoms with E-state index in [0.717, 1.165) is 24.6 Å². The number of ether oxygens (including phenoxy) is 1. The van der Waals surface area contributed by atoms with Gasteiger partial charge in [0, 0.05) is 57.9 Å². The minimum absolute atomic E-state index is 0.442. The molecule has 2 fully saturated rings. The van der Waals surface area contributed by atoms with Crippen LogP contribution < -0.4 is 4.90 Å². The van der Waals surface area contributed by atoms with E-state index in [1.54, 1.807) is 0 Å². The molecule has 0 amide bonds. The van der Waals surface area contributed by atoms with Gasteiger partial charge in [-0.25, -0.2) is 13.4 Å². The van der Waals surface area contributed by atoms with Crippen LogP contribution in [0.1, 0.15) is 19.5 Å². The molecule has 0 N–H and O–H groups in total. The summed E-state index contributed by atoms with van der Waals surface area (Å²) in [7, 11) is -3.12. The second-order valence-electron chi connectivity index (χ2n) is 6.88. The summed E-state index contributed by atoms with van der Waals surface area (Å²) in [6.07, 6.45) is 1.26. The number of fused-ring (bicyclic) bond motifs is 1. The summed E-state index contributed by atoms with van der Waals surface area (Å²) in [5.74, 6) is 0.918. The third-order valence-corrected chi connectivity index (χ3v) is 6.45. The molecule has 0 radical (unpaired) electrons. The number of nitrogens with zero attached hydrogens (tertiary/aromatic N) is 6. The van der Waals surface area contributed by atoms with E-state index in [9.17, 15) is 8.42 Å². The molecule has 0 unspecified atom stereocenters. The fourth-order valence-corrected chi connectivity index (χ4v) is 4.53. The summed E-state index contributed by atoms with van der Waals surface area (Å²) in [6.45, 7) is 9.99. The van der Waals surface area contributed by atoms with E-state index in [-0.39, 0.29) is 0 Å². The highest BCUT2D eigenvalue weighted by Gasteiger charge is 2.24. The lowest BCUT2D eigenvalue weighted by molar-refractivity contribution is 0.122. The largest absolute Gasteiger partial charge is 0.378 e. The van der Waals surface area contributed by atoms with Gasteiger partial charge in [-0.3, -0.25) is 4.90 Å². The molecule has 11 heteroatoms. The highest BCUT2D eigenvalue weighted by Crippen LogP contribution is 2.22. The van der Waals surface area contributed by atoms with Crippen LogP contribution in [-0.4, -0.2) is 91.0 Å². The highest BCUT2D eigenvalue weighted by atomic mass is 35.5. The Hall–Kier alpha value is -1.46. The van der Waals surface area contributed by atoms with Gasteiger partial charge in [0.2, 0.25) is 10.0 Å². The van der Waals surface area contributed by atoms with Crippen LogP contribution in [0.3, 0.4) is 0 Å². The molecule has 2 aromatic heterocycles. The van der Waals surface area contributed by atoms with Gasteiger partial charge in [0.05, 0.1) is 25.2 Å². The highest BCUT2D eigenvalue weighted by molar-refractivity contribution is 7.88. The maximum atomic E-state index is 11.6. The zero-order valence-corrected chi connectivity index (χ0v) is 18.8. The Morgan fingerprint density at radius 3 is 2.34 bits per heavy atom. The van der Waals surface area contributed by atoms with Crippen LogP contribution in [0.25, 0.3) is 5.65 Å². The normalized spacial score (nSPS) is 19.2. The van der Waals surface area contributed by atoms with Gasteiger partial charge in [0.15, 0.2) is 5.65 Å². The second-order valence-corrected chi connectivity index (χ2v) is 9.25. The summed E-state index contributed by atoms with van der Waals surface area (Å²) in [4.78, 5) is 8.80. The third kappa shape index (κ3) is 5.37. The molecule has 0 aliphatic carbocycles. The summed E-state index contributed by atoms with van der Waals surface area (Å²) in [6, 6.07) is 3.78. The molecule has 4 rings (SSSR count). The SMILES string of the molecule is CC.CS(=O)(=O)N1CCN(Cc2cc3nc(Cl)cc(N4CCOCC4)n3n2)CC1. The van der Waals surface area contributed by atoms with Crippen LogP contribution in [0.2, 0.25) is 5.15 Å². The molecular weight excluding hydrogens is 416 g/mol. The first kappa shape index (κ1) is 22.2. The van der Waals surface area contributed by atoms with Gasteiger partial charge in [-0.05, 0) is 0 Å². The number of aromatic nitrogens is 3. The summed E-state index contributed by atoms with van der Waals surface area (Å²) >= 11 is 6.22. The van der Waals surface area contributed by atoms with Crippen LogP contribution in [0.15, 0.2) is 12.1 Å². The number of halogens is 1. The van der Waals surface area contributed by atoms with Crippen molar-refractivity contribution in [3.05, 3.63) is 23.0 Å². The first-order chi connectivity index (χ1) is 13.9. The third-order valence-electron chi connectivity index (χ3n) is 4.95. The molecule has 0 bridgehead atoms. The summed E-state index contributed by atoms with van der Waals surface area (Å²) < 4.78 is 32.1. The molecule has 0 aromatic carbocycles. The molecule has 2 aromatic rings. The maximum absolute atomic E-state index is 11.6. The molecule has 29 heavy (non-hydrogen) atoms. The van der Waals surface area contributed by atoms with E-state index in [4.69, 9.17) is 21.4 Å². The quantitative estimate of drug-likeness (QED) is 0.657. The van der Waals surface area contributed by atoms with Crippen molar-refractivity contribution in [2.75, 3.05) is 63.6 Å². The van der Waals surface area contributed by atoms with Crippen molar-refractivity contribution >= 4 is 33.1 Å². The molecule has 4 heterocycles. The zero-order valence-electron chi connectivity index (χ0n) is 17.2. The molecule has 0 saturated carbocycles. The molecule has 2 saturated heterocycles. The first-order valence-electron chi connectivity index (χ1n) is 9.95. The monoisotopic (exact) mass is 444 g/mol. The van der Waals surface area contributed by atoms with Gasteiger partial charge in [-0.2, -0.15) is 13.9 Å². The van der Waals surface area contributed by atoms with Gasteiger partial charge in [0.25, 0.3) is 0 Å². The van der Waals surface area contributed by atoms with E-state index in [1.807, 2.05) is 30.5 Å². The fourth-order valence-electron chi connectivity index (χ4n) is 3.52. The van der Waals surface area contributed by atoms with E-state index < -0.39 is 10.0 Å². The van der Waals surface area contributed by atoms with Crippen molar-refractivity contribution in [2.45, 2.75) is 20.4 Å². The first-order valence-corrected chi connectivity index (χ1v) is 12.2. The lowest BCUT2D eigenvalue weighted by atomic mass is 10.3. The van der Waals surface area contributed by atoms with Crippen molar-refractivity contribution in [3.8, 4) is 0 Å². The van der Waals surface area contributed by atoms with Crippen molar-refractivity contribution in [1.29, 1.82) is 0 Å². The van der Waals surface area contributed by atoms with Gasteiger partial charge >= 0.3 is 0 Å². The second kappa shape index (κ2) is 9.57. The Balaban J connectivity index is 0.00000117. The van der Waals surface area contributed by atoms with Gasteiger partial charge in [-0.15, -0.1) is 0 Å². The Morgan fingerprint density at radius 2 is 1.72 bits per heavy atom. The lowest BCUT2D eigenvalue weighted by Crippen LogP contribution is -2.47. The lowest BCUT2D eigenvalue weighted by Gasteiger charge is -2.32. The van der Waals surface area contributed by atoms with Gasteiger partial charge in [0.1, 0.15) is 11.0 Å². The Bertz CT molecular complexity index is 921. The number of anilines is 1. The number of rotatable bonds is 4.